The quantitative estimate of drug-likeness (QED) is 0.624. The smallest absolute Gasteiger partial charge is 0.240 e. The van der Waals surface area contributed by atoms with Crippen LogP contribution in [-0.2, 0) is 19.9 Å². The second-order valence-electron chi connectivity index (χ2n) is 6.70. The molecule has 2 aromatic rings. The third-order valence-electron chi connectivity index (χ3n) is 3.25. The minimum Gasteiger partial charge on any atom is -0.240 e. The first-order chi connectivity index (χ1) is 11.1. The van der Waals surface area contributed by atoms with Crippen LogP contribution in [0.2, 0.25) is 0 Å². The van der Waals surface area contributed by atoms with Gasteiger partial charge < -0.3 is 0 Å². The maximum atomic E-state index is 12.0. The normalized spacial score (nSPS) is 12.3. The Morgan fingerprint density at radius 2 is 1.21 bits per heavy atom. The fraction of sp³-hybridized carbons (Fsp3) is 0.300. The highest BCUT2D eigenvalue weighted by atomic mass is 32.2. The van der Waals surface area contributed by atoms with Crippen molar-refractivity contribution < 1.29 is 12.6 Å². The molecule has 0 bridgehead atoms. The van der Waals surface area contributed by atoms with Gasteiger partial charge in [-0.3, -0.25) is 0 Å². The fourth-order valence-corrected chi connectivity index (χ4v) is 2.96. The van der Waals surface area contributed by atoms with Crippen molar-refractivity contribution in [1.29, 1.82) is 0 Å². The lowest BCUT2D eigenvalue weighted by atomic mass is 9.85. The lowest BCUT2D eigenvalue weighted by molar-refractivity contribution is 0.185. The van der Waals surface area contributed by atoms with Gasteiger partial charge in [0.15, 0.2) is 5.60 Å². The summed E-state index contributed by atoms with van der Waals surface area (Å²) in [5.41, 5.74) is -0.309. The van der Waals surface area contributed by atoms with E-state index in [1.807, 2.05) is 81.4 Å². The zero-order valence-electron chi connectivity index (χ0n) is 14.4. The molecule has 0 unspecified atom stereocenters. The summed E-state index contributed by atoms with van der Waals surface area (Å²) in [5, 5.41) is 0. The molecule has 3 nitrogen and oxygen atoms in total. The molecule has 24 heavy (non-hydrogen) atoms. The van der Waals surface area contributed by atoms with E-state index in [4.69, 9.17) is 4.18 Å². The molecule has 0 aliphatic heterocycles. The van der Waals surface area contributed by atoms with Gasteiger partial charge in [0.1, 0.15) is 0 Å². The summed E-state index contributed by atoms with van der Waals surface area (Å²) in [6.45, 7) is 5.92. The lowest BCUT2D eigenvalue weighted by Crippen LogP contribution is -2.32. The molecule has 0 saturated carbocycles. The van der Waals surface area contributed by atoms with E-state index in [2.05, 4.69) is 11.8 Å². The molecule has 2 aromatic carbocycles. The maximum Gasteiger partial charge on any atom is 0.266 e. The van der Waals surface area contributed by atoms with Crippen LogP contribution in [-0.4, -0.2) is 14.7 Å². The van der Waals surface area contributed by atoms with E-state index in [1.54, 1.807) is 0 Å². The summed E-state index contributed by atoms with van der Waals surface area (Å²) in [6, 6.07) is 18.4. The predicted octanol–water partition coefficient (Wildman–Crippen LogP) is 3.96. The van der Waals surface area contributed by atoms with Crippen molar-refractivity contribution in [3.05, 3.63) is 71.8 Å². The van der Waals surface area contributed by atoms with Crippen molar-refractivity contribution in [3.63, 3.8) is 0 Å². The SMILES string of the molecule is CC(C)(C)C#CC(OS(C)(=O)=O)(c1ccccc1)c1ccccc1. The maximum absolute atomic E-state index is 12.0. The van der Waals surface area contributed by atoms with Crippen molar-refractivity contribution in [1.82, 2.24) is 0 Å². The molecule has 0 saturated heterocycles. The van der Waals surface area contributed by atoms with Crippen LogP contribution in [0.25, 0.3) is 0 Å². The van der Waals surface area contributed by atoms with E-state index in [9.17, 15) is 8.42 Å². The number of benzene rings is 2. The molecule has 0 aromatic heterocycles. The van der Waals surface area contributed by atoms with Gasteiger partial charge in [-0.05, 0) is 20.8 Å². The molecule has 0 fully saturated rings. The second kappa shape index (κ2) is 6.80. The average molecular weight is 342 g/mol. The molecule has 2 rings (SSSR count). The minimum atomic E-state index is -3.75. The molecule has 0 aliphatic rings. The van der Waals surface area contributed by atoms with Gasteiger partial charge in [-0.25, -0.2) is 4.18 Å². The lowest BCUT2D eigenvalue weighted by Gasteiger charge is -2.29. The highest BCUT2D eigenvalue weighted by Crippen LogP contribution is 2.35. The summed E-state index contributed by atoms with van der Waals surface area (Å²) in [6.07, 6.45) is 1.05. The Balaban J connectivity index is 2.80. The molecule has 0 spiro atoms. The molecule has 0 radical (unpaired) electrons. The zero-order chi connectivity index (χ0) is 17.8. The number of rotatable bonds is 4. The Morgan fingerprint density at radius 1 is 0.792 bits per heavy atom. The van der Waals surface area contributed by atoms with E-state index in [-0.39, 0.29) is 5.41 Å². The van der Waals surface area contributed by atoms with Crippen LogP contribution in [0.4, 0.5) is 0 Å². The number of hydrogen-bond acceptors (Lipinski definition) is 3. The average Bonchev–Trinajstić information content (AvgIpc) is 2.51. The first kappa shape index (κ1) is 18.3. The van der Waals surface area contributed by atoms with Gasteiger partial charge >= 0.3 is 0 Å². The summed E-state index contributed by atoms with van der Waals surface area (Å²) < 4.78 is 29.6. The monoisotopic (exact) mass is 342 g/mol. The standard InChI is InChI=1S/C20H22O3S/c1-19(2,3)15-16-20(23-24(4,21)22,17-11-7-5-8-12-17)18-13-9-6-10-14-18/h5-14H,1-4H3. The number of hydrogen-bond donors (Lipinski definition) is 0. The van der Waals surface area contributed by atoms with Crippen molar-refractivity contribution in [2.24, 2.45) is 5.41 Å². The van der Waals surface area contributed by atoms with E-state index >= 15 is 0 Å². The van der Waals surface area contributed by atoms with Crippen LogP contribution in [0.5, 0.6) is 0 Å². The van der Waals surface area contributed by atoms with Crippen molar-refractivity contribution in [2.75, 3.05) is 6.26 Å². The van der Waals surface area contributed by atoms with Gasteiger partial charge in [-0.15, -0.1) is 0 Å². The highest BCUT2D eigenvalue weighted by Gasteiger charge is 2.37. The summed E-state index contributed by atoms with van der Waals surface area (Å²) in [7, 11) is -3.75. The van der Waals surface area contributed by atoms with Crippen molar-refractivity contribution in [3.8, 4) is 11.8 Å². The van der Waals surface area contributed by atoms with E-state index in [1.165, 1.54) is 0 Å². The first-order valence-corrected chi connectivity index (χ1v) is 9.50. The molecule has 4 heteroatoms. The van der Waals surface area contributed by atoms with Crippen LogP contribution < -0.4 is 0 Å². The van der Waals surface area contributed by atoms with E-state index in [0.29, 0.717) is 11.1 Å². The minimum absolute atomic E-state index is 0.296. The molecular formula is C20H22O3S. The molecule has 0 N–H and O–H groups in total. The van der Waals surface area contributed by atoms with Gasteiger partial charge in [0, 0.05) is 16.5 Å². The Morgan fingerprint density at radius 3 is 1.54 bits per heavy atom. The predicted molar refractivity (Wildman–Crippen MR) is 96.8 cm³/mol. The Hall–Kier alpha value is -2.09. The largest absolute Gasteiger partial charge is 0.266 e. The summed E-state index contributed by atoms with van der Waals surface area (Å²) in [4.78, 5) is 0. The summed E-state index contributed by atoms with van der Waals surface area (Å²) in [5.74, 6) is 6.25. The van der Waals surface area contributed by atoms with Crippen LogP contribution in [0.3, 0.4) is 0 Å². The molecule has 0 heterocycles. The van der Waals surface area contributed by atoms with Gasteiger partial charge in [0.25, 0.3) is 10.1 Å². The van der Waals surface area contributed by atoms with Gasteiger partial charge in [-0.2, -0.15) is 8.42 Å². The van der Waals surface area contributed by atoms with Crippen molar-refractivity contribution >= 4 is 10.1 Å². The van der Waals surface area contributed by atoms with Crippen LogP contribution in [0.15, 0.2) is 60.7 Å². The molecule has 0 aliphatic carbocycles. The van der Waals surface area contributed by atoms with Crippen LogP contribution >= 0.6 is 0 Å². The Kier molecular flexibility index (Phi) is 5.17. The third-order valence-corrected chi connectivity index (χ3v) is 3.80. The first-order valence-electron chi connectivity index (χ1n) is 7.68. The fourth-order valence-electron chi connectivity index (χ4n) is 2.28. The van der Waals surface area contributed by atoms with Crippen LogP contribution in [0, 0.1) is 17.3 Å². The van der Waals surface area contributed by atoms with Gasteiger partial charge in [-0.1, -0.05) is 72.5 Å². The van der Waals surface area contributed by atoms with Crippen LogP contribution in [0.1, 0.15) is 31.9 Å². The van der Waals surface area contributed by atoms with Gasteiger partial charge in [0.2, 0.25) is 0 Å². The second-order valence-corrected chi connectivity index (χ2v) is 8.28. The molecular weight excluding hydrogens is 320 g/mol. The topological polar surface area (TPSA) is 43.4 Å². The molecule has 126 valence electrons. The van der Waals surface area contributed by atoms with Gasteiger partial charge in [0.05, 0.1) is 6.26 Å². The third kappa shape index (κ3) is 4.70. The Bertz CT molecular complexity index is 797. The summed E-state index contributed by atoms with van der Waals surface area (Å²) >= 11 is 0. The van der Waals surface area contributed by atoms with Crippen molar-refractivity contribution in [2.45, 2.75) is 26.4 Å². The van der Waals surface area contributed by atoms with E-state index < -0.39 is 15.7 Å². The van der Waals surface area contributed by atoms with E-state index in [0.717, 1.165) is 6.26 Å². The molecule has 0 atom stereocenters. The molecule has 0 amide bonds. The highest BCUT2D eigenvalue weighted by molar-refractivity contribution is 7.86. The zero-order valence-corrected chi connectivity index (χ0v) is 15.2. The Labute approximate surface area is 144 Å².